The molecule has 1 amide bonds. The molecule has 20 heavy (non-hydrogen) atoms. The third-order valence-electron chi connectivity index (χ3n) is 3.03. The van der Waals surface area contributed by atoms with Gasteiger partial charge in [-0.1, -0.05) is 13.8 Å². The molecule has 0 aliphatic rings. The van der Waals surface area contributed by atoms with Crippen LogP contribution in [0.25, 0.3) is 0 Å². The lowest BCUT2D eigenvalue weighted by Gasteiger charge is -2.18. The minimum absolute atomic E-state index is 0.271. The molecule has 0 saturated heterocycles. The standard InChI is InChI=1S/C15H22N2O3/c1-9(2)7-13(15(19)20-4)17-14(18)11-5-6-12(16)10(3)8-11/h5-6,8-9,13H,7,16H2,1-4H3,(H,17,18)/t13-/m1/s1. The number of anilines is 1. The van der Waals surface area contributed by atoms with Crippen LogP contribution in [0.5, 0.6) is 0 Å². The summed E-state index contributed by atoms with van der Waals surface area (Å²) in [7, 11) is 1.31. The molecule has 0 radical (unpaired) electrons. The number of benzene rings is 1. The lowest BCUT2D eigenvalue weighted by molar-refractivity contribution is -0.143. The smallest absolute Gasteiger partial charge is 0.328 e. The Labute approximate surface area is 119 Å². The fraction of sp³-hybridized carbons (Fsp3) is 0.467. The molecule has 5 nitrogen and oxygen atoms in total. The van der Waals surface area contributed by atoms with Crippen LogP contribution in [-0.2, 0) is 9.53 Å². The van der Waals surface area contributed by atoms with Crippen LogP contribution in [0.3, 0.4) is 0 Å². The third-order valence-corrected chi connectivity index (χ3v) is 3.03. The van der Waals surface area contributed by atoms with Crippen LogP contribution < -0.4 is 11.1 Å². The number of carbonyl (C=O) groups is 2. The molecular formula is C15H22N2O3. The Hall–Kier alpha value is -2.04. The van der Waals surface area contributed by atoms with Crippen LogP contribution in [0, 0.1) is 12.8 Å². The summed E-state index contributed by atoms with van der Waals surface area (Å²) in [5, 5.41) is 2.71. The number of nitrogens with two attached hydrogens (primary N) is 1. The topological polar surface area (TPSA) is 81.4 Å². The van der Waals surface area contributed by atoms with Gasteiger partial charge in [-0.15, -0.1) is 0 Å². The van der Waals surface area contributed by atoms with Crippen LogP contribution in [0.15, 0.2) is 18.2 Å². The van der Waals surface area contributed by atoms with Crippen molar-refractivity contribution in [3.8, 4) is 0 Å². The van der Waals surface area contributed by atoms with Gasteiger partial charge >= 0.3 is 5.97 Å². The van der Waals surface area contributed by atoms with E-state index in [0.717, 1.165) is 5.56 Å². The summed E-state index contributed by atoms with van der Waals surface area (Å²) >= 11 is 0. The van der Waals surface area contributed by atoms with Crippen molar-refractivity contribution in [3.05, 3.63) is 29.3 Å². The maximum absolute atomic E-state index is 12.2. The molecular weight excluding hydrogens is 256 g/mol. The Bertz CT molecular complexity index is 498. The zero-order valence-corrected chi connectivity index (χ0v) is 12.4. The summed E-state index contributed by atoms with van der Waals surface area (Å²) in [6.45, 7) is 5.79. The van der Waals surface area contributed by atoms with Crippen LogP contribution in [-0.4, -0.2) is 25.0 Å². The third kappa shape index (κ3) is 4.26. The predicted octanol–water partition coefficient (Wildman–Crippen LogP) is 1.89. The van der Waals surface area contributed by atoms with E-state index in [1.807, 2.05) is 20.8 Å². The fourth-order valence-electron chi connectivity index (χ4n) is 1.89. The van der Waals surface area contributed by atoms with E-state index < -0.39 is 12.0 Å². The van der Waals surface area contributed by atoms with Crippen molar-refractivity contribution >= 4 is 17.6 Å². The molecule has 1 atom stereocenters. The highest BCUT2D eigenvalue weighted by Gasteiger charge is 2.23. The first-order chi connectivity index (χ1) is 9.35. The summed E-state index contributed by atoms with van der Waals surface area (Å²) < 4.78 is 4.72. The van der Waals surface area contributed by atoms with E-state index in [9.17, 15) is 9.59 Å². The monoisotopic (exact) mass is 278 g/mol. The number of rotatable bonds is 5. The number of nitrogens with one attached hydrogen (secondary N) is 1. The highest BCUT2D eigenvalue weighted by atomic mass is 16.5. The van der Waals surface area contributed by atoms with Crippen LogP contribution in [0.1, 0.15) is 36.2 Å². The zero-order chi connectivity index (χ0) is 15.3. The van der Waals surface area contributed by atoms with E-state index in [0.29, 0.717) is 17.7 Å². The van der Waals surface area contributed by atoms with Gasteiger partial charge in [0.2, 0.25) is 0 Å². The molecule has 0 aromatic heterocycles. The van der Waals surface area contributed by atoms with Gasteiger partial charge in [-0.25, -0.2) is 4.79 Å². The number of hydrogen-bond acceptors (Lipinski definition) is 4. The largest absolute Gasteiger partial charge is 0.467 e. The number of nitrogen functional groups attached to an aromatic ring is 1. The van der Waals surface area contributed by atoms with E-state index in [1.165, 1.54) is 7.11 Å². The van der Waals surface area contributed by atoms with Crippen molar-refractivity contribution in [1.29, 1.82) is 0 Å². The quantitative estimate of drug-likeness (QED) is 0.636. The number of carbonyl (C=O) groups excluding carboxylic acids is 2. The molecule has 1 aromatic carbocycles. The maximum Gasteiger partial charge on any atom is 0.328 e. The first-order valence-corrected chi connectivity index (χ1v) is 6.60. The number of ether oxygens (including phenoxy) is 1. The maximum atomic E-state index is 12.2. The van der Waals surface area contributed by atoms with Gasteiger partial charge in [-0.05, 0) is 43.0 Å². The van der Waals surface area contributed by atoms with E-state index in [2.05, 4.69) is 5.32 Å². The molecule has 0 spiro atoms. The molecule has 0 unspecified atom stereocenters. The molecule has 1 aromatic rings. The van der Waals surface area contributed by atoms with Crippen molar-refractivity contribution < 1.29 is 14.3 Å². The minimum Gasteiger partial charge on any atom is -0.467 e. The highest BCUT2D eigenvalue weighted by Crippen LogP contribution is 2.13. The molecule has 3 N–H and O–H groups in total. The van der Waals surface area contributed by atoms with Gasteiger partial charge in [0.05, 0.1) is 7.11 Å². The van der Waals surface area contributed by atoms with E-state index >= 15 is 0 Å². The van der Waals surface area contributed by atoms with E-state index in [1.54, 1.807) is 18.2 Å². The van der Waals surface area contributed by atoms with Gasteiger partial charge in [0.15, 0.2) is 0 Å². The summed E-state index contributed by atoms with van der Waals surface area (Å²) in [4.78, 5) is 23.8. The van der Waals surface area contributed by atoms with E-state index in [4.69, 9.17) is 10.5 Å². The van der Waals surface area contributed by atoms with Crippen molar-refractivity contribution in [1.82, 2.24) is 5.32 Å². The average molecular weight is 278 g/mol. The van der Waals surface area contributed by atoms with Gasteiger partial charge in [0, 0.05) is 11.3 Å². The zero-order valence-electron chi connectivity index (χ0n) is 12.4. The van der Waals surface area contributed by atoms with Crippen LogP contribution in [0.4, 0.5) is 5.69 Å². The molecule has 0 bridgehead atoms. The number of hydrogen-bond donors (Lipinski definition) is 2. The van der Waals surface area contributed by atoms with Crippen LogP contribution in [0.2, 0.25) is 0 Å². The molecule has 0 aliphatic carbocycles. The van der Waals surface area contributed by atoms with Crippen LogP contribution >= 0.6 is 0 Å². The SMILES string of the molecule is COC(=O)[C@@H](CC(C)C)NC(=O)c1ccc(N)c(C)c1. The van der Waals surface area contributed by atoms with Crippen molar-refractivity contribution in [2.24, 2.45) is 5.92 Å². The van der Waals surface area contributed by atoms with Crippen molar-refractivity contribution in [2.75, 3.05) is 12.8 Å². The summed E-state index contributed by atoms with van der Waals surface area (Å²) in [5.41, 5.74) is 7.66. The predicted molar refractivity (Wildman–Crippen MR) is 78.3 cm³/mol. The molecule has 0 aliphatic heterocycles. The second-order valence-electron chi connectivity index (χ2n) is 5.25. The Balaban J connectivity index is 2.84. The fourth-order valence-corrected chi connectivity index (χ4v) is 1.89. The number of methoxy groups -OCH3 is 1. The minimum atomic E-state index is -0.634. The van der Waals surface area contributed by atoms with E-state index in [-0.39, 0.29) is 11.8 Å². The Morgan fingerprint density at radius 1 is 1.35 bits per heavy atom. The van der Waals surface area contributed by atoms with Crippen molar-refractivity contribution in [2.45, 2.75) is 33.2 Å². The lowest BCUT2D eigenvalue weighted by Crippen LogP contribution is -2.42. The second kappa shape index (κ2) is 6.93. The molecule has 0 fully saturated rings. The normalized spacial score (nSPS) is 12.1. The lowest BCUT2D eigenvalue weighted by atomic mass is 10.0. The molecule has 1 rings (SSSR count). The summed E-state index contributed by atoms with van der Waals surface area (Å²) in [6, 6.07) is 4.39. The number of esters is 1. The number of amides is 1. The molecule has 5 heteroatoms. The molecule has 110 valence electrons. The average Bonchev–Trinajstić information content (AvgIpc) is 2.39. The van der Waals surface area contributed by atoms with Gasteiger partial charge in [0.1, 0.15) is 6.04 Å². The van der Waals surface area contributed by atoms with Gasteiger partial charge in [-0.2, -0.15) is 0 Å². The van der Waals surface area contributed by atoms with Gasteiger partial charge < -0.3 is 15.8 Å². The highest BCUT2D eigenvalue weighted by molar-refractivity contribution is 5.97. The first kappa shape index (κ1) is 16.0. The Morgan fingerprint density at radius 3 is 2.50 bits per heavy atom. The molecule has 0 heterocycles. The Morgan fingerprint density at radius 2 is 2.00 bits per heavy atom. The first-order valence-electron chi connectivity index (χ1n) is 6.60. The van der Waals surface area contributed by atoms with Gasteiger partial charge in [0.25, 0.3) is 5.91 Å². The second-order valence-corrected chi connectivity index (χ2v) is 5.25. The Kier molecular flexibility index (Phi) is 5.55. The van der Waals surface area contributed by atoms with Gasteiger partial charge in [-0.3, -0.25) is 4.79 Å². The number of aryl methyl sites for hydroxylation is 1. The summed E-state index contributed by atoms with van der Waals surface area (Å²) in [5.74, 6) is -0.462. The molecule has 0 saturated carbocycles. The summed E-state index contributed by atoms with van der Waals surface area (Å²) in [6.07, 6.45) is 0.534. The van der Waals surface area contributed by atoms with Crippen molar-refractivity contribution in [3.63, 3.8) is 0 Å².